The van der Waals surface area contributed by atoms with Crippen molar-refractivity contribution in [2.24, 2.45) is 0 Å². The molecule has 0 saturated carbocycles. The van der Waals surface area contributed by atoms with Crippen LogP contribution in [-0.4, -0.2) is 143 Å². The van der Waals surface area contributed by atoms with Gasteiger partial charge in [0.15, 0.2) is 99.8 Å². The Morgan fingerprint density at radius 2 is 0.248 bits per heavy atom. The molecule has 0 aliphatic carbocycles. The van der Waals surface area contributed by atoms with Crippen LogP contribution >= 0.6 is 0 Å². The molecule has 0 bridgehead atoms. The van der Waals surface area contributed by atoms with Gasteiger partial charge in [-0.15, -0.1) is 0 Å². The Balaban J connectivity index is -0.0000000255. The van der Waals surface area contributed by atoms with Crippen LogP contribution < -0.4 is 5.19 Å². The second kappa shape index (κ2) is 69.2. The molecule has 0 aromatic heterocycles. The lowest BCUT2D eigenvalue weighted by Gasteiger charge is -2.41. The van der Waals surface area contributed by atoms with Crippen molar-refractivity contribution in [1.82, 2.24) is 0 Å². The second-order valence-electron chi connectivity index (χ2n) is 34.4. The van der Waals surface area contributed by atoms with Gasteiger partial charge < -0.3 is 45.3 Å². The van der Waals surface area contributed by atoms with Crippen LogP contribution in [0.1, 0.15) is 163 Å². The molecule has 101 heavy (non-hydrogen) atoms. The Kier molecular flexibility index (Phi) is 127. The Labute approximate surface area is 675 Å². The molecule has 0 aliphatic rings. The molecule has 11 nitrogen and oxygen atoms in total. The van der Waals surface area contributed by atoms with Crippen LogP contribution in [-0.2, 0) is 45.3 Å². The first kappa shape index (κ1) is 186. The quantitative estimate of drug-likeness (QED) is 0.0979. The summed E-state index contributed by atoms with van der Waals surface area (Å²) in [7, 11) is -27.1. The Hall–Kier alpha value is 2.47. The van der Waals surface area contributed by atoms with Crippen LogP contribution in [0.3, 0.4) is 0 Å². The number of rotatable bonds is 23. The first-order valence-corrected chi connectivity index (χ1v) is 83.6. The summed E-state index contributed by atoms with van der Waals surface area (Å²) >= 11 is 0. The minimum absolute atomic E-state index is 0. The van der Waals surface area contributed by atoms with E-state index in [0.29, 0.717) is 0 Å². The highest BCUT2D eigenvalue weighted by Gasteiger charge is 2.46. The molecule has 1 aromatic carbocycles. The van der Waals surface area contributed by atoms with E-state index < -0.39 is 143 Å². The minimum atomic E-state index is -2.48. The van der Waals surface area contributed by atoms with Crippen molar-refractivity contribution >= 4 is 148 Å². The zero-order valence-corrected chi connectivity index (χ0v) is 78.4. The van der Waals surface area contributed by atoms with E-state index in [-0.39, 0.29) is 163 Å². The zero-order valence-electron chi connectivity index (χ0n) is 61.4. The summed E-state index contributed by atoms with van der Waals surface area (Å²) in [5.41, 5.74) is 0. The van der Waals surface area contributed by atoms with E-state index in [0.717, 1.165) is 0 Å². The largest absolute Gasteiger partial charge is 0.456 e. The number of hydrogen-bond acceptors (Lipinski definition) is 11. The maximum absolute atomic E-state index is 6.67. The molecule has 0 aliphatic heterocycles. The lowest BCUT2D eigenvalue weighted by molar-refractivity contribution is 0.337. The molecule has 654 valence electrons. The Morgan fingerprint density at radius 1 is 0.139 bits per heavy atom. The van der Waals surface area contributed by atoms with Crippen molar-refractivity contribution in [3.63, 3.8) is 0 Å². The molecule has 1 aromatic rings. The van der Waals surface area contributed by atoms with E-state index in [1.165, 1.54) is 5.19 Å². The molecule has 0 spiro atoms. The van der Waals surface area contributed by atoms with E-state index >= 15 is 0 Å². The first-order chi connectivity index (χ1) is 33.4. The third kappa shape index (κ3) is 152. The summed E-state index contributed by atoms with van der Waals surface area (Å²) in [6.07, 6.45) is 0. The van der Waals surface area contributed by atoms with Gasteiger partial charge in [-0.2, -0.15) is 0 Å². The molecule has 0 fully saturated rings. The molecule has 1 unspecified atom stereocenters. The van der Waals surface area contributed by atoms with E-state index in [1.807, 2.05) is 6.07 Å². The maximum Gasteiger partial charge on any atom is 0.350 e. The summed E-state index contributed by atoms with van der Waals surface area (Å²) in [6.45, 7) is 99.5. The van der Waals surface area contributed by atoms with Gasteiger partial charge in [0, 0.05) is 0 Å². The highest BCUT2D eigenvalue weighted by Crippen LogP contribution is 2.26. The fourth-order valence-electron chi connectivity index (χ4n) is 9.01. The van der Waals surface area contributed by atoms with E-state index in [2.05, 4.69) is 319 Å². The van der Waals surface area contributed by atoms with Crippen LogP contribution in [0.25, 0.3) is 0 Å². The van der Waals surface area contributed by atoms with Gasteiger partial charge in [0.25, 0.3) is 0 Å². The monoisotopic (exact) mass is 1760 g/mol. The second-order valence-corrected chi connectivity index (χ2v) is 108. The lowest BCUT2D eigenvalue weighted by Crippen LogP contribution is -2.62. The van der Waals surface area contributed by atoms with Gasteiger partial charge >= 0.3 is 42.8 Å². The molecule has 0 saturated heterocycles. The van der Waals surface area contributed by atoms with Crippen LogP contribution in [0.4, 0.5) is 0 Å². The van der Waals surface area contributed by atoms with E-state index in [4.69, 9.17) is 45.3 Å². The van der Waals surface area contributed by atoms with E-state index in [9.17, 15) is 0 Å². The molecule has 0 radical (unpaired) electrons. The Bertz CT molecular complexity index is 1610. The van der Waals surface area contributed by atoms with E-state index in [1.54, 1.807) is 0 Å². The molecule has 0 amide bonds. The summed E-state index contributed by atoms with van der Waals surface area (Å²) < 4.78 is 68.0. The summed E-state index contributed by atoms with van der Waals surface area (Å²) in [6, 6.07) is 10.4. The summed E-state index contributed by atoms with van der Waals surface area (Å²) in [4.78, 5) is 0. The molecule has 0 heterocycles. The van der Waals surface area contributed by atoms with Gasteiger partial charge in [-0.1, -0.05) is 194 Å². The topological polar surface area (TPSA) is 102 Å². The molecule has 28 heteroatoms. The number of hydrogen-bond donors (Lipinski definition) is 0. The first-order valence-electron chi connectivity index (χ1n) is 29.2. The van der Waals surface area contributed by atoms with Crippen molar-refractivity contribution in [3.05, 3.63) is 30.3 Å². The van der Waals surface area contributed by atoms with Gasteiger partial charge in [0.2, 0.25) is 0 Å². The van der Waals surface area contributed by atoms with Crippen molar-refractivity contribution in [2.75, 3.05) is 0 Å². The smallest absolute Gasteiger partial charge is 0.350 e. The standard InChI is InChI=1S/C15H32O3Si4.3C8H24O2Si3.2C6H18OSi2.22CH4/c1-19(2,3)16-21(7,8)18-22(9,17-20(4,5)6)15-13-11-10-12-14-15;3*1-11(2,3)9-13(7,8)10-12(4,5)6;2*1-8(2,3)7-9(4,5)6;;;;;;;;;;;;;;;;;;;;;;/h10-14H,1-9H3;3*1-8H3;2*1-6H3;22*1H4. The lowest BCUT2D eigenvalue weighted by atomic mass is 10.4. The minimum Gasteiger partial charge on any atom is -0.456 e. The van der Waals surface area contributed by atoms with Gasteiger partial charge in [-0.25, -0.2) is 0 Å². The zero-order chi connectivity index (χ0) is 65.4. The predicted molar refractivity (Wildman–Crippen MR) is 548 cm³/mol. The predicted octanol–water partition coefficient (Wildman–Crippen LogP) is 33.9. The summed E-state index contributed by atoms with van der Waals surface area (Å²) in [5, 5.41) is 1.19. The van der Waals surface area contributed by atoms with Crippen LogP contribution in [0.5, 0.6) is 0 Å². The molecule has 0 N–H and O–H groups in total. The van der Waals surface area contributed by atoms with Crippen LogP contribution in [0, 0.1) is 0 Å². The summed E-state index contributed by atoms with van der Waals surface area (Å²) in [5.74, 6) is 0. The highest BCUT2D eigenvalue weighted by atomic mass is 28.5. The van der Waals surface area contributed by atoms with Crippen molar-refractivity contribution in [2.45, 2.75) is 458 Å². The Morgan fingerprint density at radius 3 is 0.347 bits per heavy atom. The maximum atomic E-state index is 6.67. The van der Waals surface area contributed by atoms with Crippen molar-refractivity contribution < 1.29 is 45.3 Å². The van der Waals surface area contributed by atoms with Gasteiger partial charge in [0.1, 0.15) is 0 Å². The van der Waals surface area contributed by atoms with Crippen LogP contribution in [0.15, 0.2) is 30.3 Å². The van der Waals surface area contributed by atoms with Gasteiger partial charge in [0.05, 0.1) is 0 Å². The fourth-order valence-corrected chi connectivity index (χ4v) is 77.9. The molecular weight excluding hydrogens is 1530 g/mol. The third-order valence-electron chi connectivity index (χ3n) is 7.33. The van der Waals surface area contributed by atoms with Crippen molar-refractivity contribution in [3.8, 4) is 0 Å². The average molecular weight is 1760 g/mol. The third-order valence-corrected chi connectivity index (χ3v) is 57.0. The normalized spacial score (nSPS) is 11.8. The fraction of sp³-hybridized carbons (Fsp3) is 0.918. The van der Waals surface area contributed by atoms with Crippen molar-refractivity contribution in [1.29, 1.82) is 0 Å². The average Bonchev–Trinajstić information content (AvgIpc) is 2.93. The molecule has 1 atom stereocenters. The van der Waals surface area contributed by atoms with Crippen LogP contribution in [0.2, 0.25) is 295 Å². The molecule has 1 rings (SSSR count). The SMILES string of the molecule is C.C.C.C.C.C.C.C.C.C.C.C.C.C.C.C.C.C.C.C.C.C.C[Si](C)(C)O[Si](C)(C)C.C[Si](C)(C)O[Si](C)(C)C.C[Si](C)(C)O[Si](C)(C)O[Si](C)(C)C.C[Si](C)(C)O[Si](C)(C)O[Si](C)(C)C.C[Si](C)(C)O[Si](C)(C)O[Si](C)(C)C.C[Si](C)(C)O[Si](C)(C)O[Si](C)(O[Si](C)(C)C)c1ccccc1. The van der Waals surface area contributed by atoms with Gasteiger partial charge in [-0.05, 0) is 300 Å². The molecular formula is C73H228O11Si17. The highest BCUT2D eigenvalue weighted by molar-refractivity contribution is 6.95. The van der Waals surface area contributed by atoms with Gasteiger partial charge in [-0.3, -0.25) is 0 Å². The number of benzene rings is 1.